The van der Waals surface area contributed by atoms with Crippen molar-refractivity contribution in [2.45, 2.75) is 50.9 Å². The highest BCUT2D eigenvalue weighted by molar-refractivity contribution is 5.91. The summed E-state index contributed by atoms with van der Waals surface area (Å²) in [6.07, 6.45) is 0.557. The van der Waals surface area contributed by atoms with E-state index in [9.17, 15) is 14.0 Å². The van der Waals surface area contributed by atoms with Crippen LogP contribution in [-0.4, -0.2) is 42.1 Å². The Kier molecular flexibility index (Phi) is 5.28. The van der Waals surface area contributed by atoms with Gasteiger partial charge in [0.1, 0.15) is 23.8 Å². The number of cyclic esters (lactones) is 1. The molecule has 1 aliphatic carbocycles. The number of benzene rings is 1. The average Bonchev–Trinajstić information content (AvgIpc) is 3.14. The number of hydrogen-bond acceptors (Lipinski definition) is 6. The molecule has 1 atom stereocenters. The largest absolute Gasteiger partial charge is 0.443 e. The molecule has 0 N–H and O–H groups in total. The van der Waals surface area contributed by atoms with Crippen LogP contribution in [0.1, 0.15) is 39.2 Å². The Morgan fingerprint density at radius 3 is 2.72 bits per heavy atom. The van der Waals surface area contributed by atoms with Crippen molar-refractivity contribution < 1.29 is 28.0 Å². The fourth-order valence-corrected chi connectivity index (χ4v) is 3.56. The minimum atomic E-state index is -0.776. The molecule has 1 aromatic heterocycles. The van der Waals surface area contributed by atoms with Crippen LogP contribution in [0.4, 0.5) is 25.5 Å². The number of halogens is 1. The fourth-order valence-electron chi connectivity index (χ4n) is 3.56. The summed E-state index contributed by atoms with van der Waals surface area (Å²) < 4.78 is 30.4. The lowest BCUT2D eigenvalue weighted by molar-refractivity contribution is 0.0556. The number of ether oxygens (including phenoxy) is 2. The van der Waals surface area contributed by atoms with Gasteiger partial charge in [0, 0.05) is 18.9 Å². The highest BCUT2D eigenvalue weighted by atomic mass is 19.1. The number of nitrogens with zero attached hydrogens (tertiary/aromatic N) is 4. The third-order valence-electron chi connectivity index (χ3n) is 5.28. The number of hydrogen-bond donors (Lipinski definition) is 0. The van der Waals surface area contributed by atoms with Crippen LogP contribution in [0.25, 0.3) is 4.85 Å². The number of anilines is 2. The maximum Gasteiger partial charge on any atom is 0.416 e. The zero-order valence-corrected chi connectivity index (χ0v) is 18.0. The Hall–Kier alpha value is -3.61. The summed E-state index contributed by atoms with van der Waals surface area (Å²) in [7, 11) is 0. The van der Waals surface area contributed by atoms with E-state index in [0.29, 0.717) is 24.1 Å². The first kappa shape index (κ1) is 21.6. The van der Waals surface area contributed by atoms with Crippen molar-refractivity contribution in [3.8, 4) is 0 Å². The SMILES string of the molecule is [C-]#[N+]C1(c2ccc(N3C[C@H](CN(C(=O)OC(C)(C)C)c4ccon4)OC3=O)cc2F)CC1. The summed E-state index contributed by atoms with van der Waals surface area (Å²) in [4.78, 5) is 31.2. The van der Waals surface area contributed by atoms with Crippen molar-refractivity contribution >= 4 is 23.7 Å². The normalized spacial score (nSPS) is 19.3. The van der Waals surface area contributed by atoms with Gasteiger partial charge in [0.25, 0.3) is 5.54 Å². The summed E-state index contributed by atoms with van der Waals surface area (Å²) in [5, 5.41) is 3.79. The predicted octanol–water partition coefficient (Wildman–Crippen LogP) is 4.49. The Morgan fingerprint density at radius 1 is 1.41 bits per heavy atom. The maximum absolute atomic E-state index is 14.7. The number of carbonyl (C=O) groups excluding carboxylic acids is 2. The smallest absolute Gasteiger partial charge is 0.416 e. The van der Waals surface area contributed by atoms with Crippen molar-refractivity contribution in [1.82, 2.24) is 5.16 Å². The predicted molar refractivity (Wildman–Crippen MR) is 112 cm³/mol. The van der Waals surface area contributed by atoms with E-state index in [2.05, 4.69) is 10.0 Å². The lowest BCUT2D eigenvalue weighted by Crippen LogP contribution is -2.42. The molecule has 0 radical (unpaired) electrons. The van der Waals surface area contributed by atoms with E-state index >= 15 is 0 Å². The second-order valence-corrected chi connectivity index (χ2v) is 8.87. The first-order valence-electron chi connectivity index (χ1n) is 10.2. The molecule has 0 bridgehead atoms. The van der Waals surface area contributed by atoms with Crippen molar-refractivity contribution in [3.63, 3.8) is 0 Å². The molecule has 32 heavy (non-hydrogen) atoms. The minimum absolute atomic E-state index is 0.0227. The lowest BCUT2D eigenvalue weighted by Gasteiger charge is -2.26. The molecule has 0 spiro atoms. The third-order valence-corrected chi connectivity index (χ3v) is 5.28. The van der Waals surface area contributed by atoms with E-state index in [0.717, 1.165) is 0 Å². The molecule has 1 aliphatic heterocycles. The summed E-state index contributed by atoms with van der Waals surface area (Å²) in [5.74, 6) is -0.303. The van der Waals surface area contributed by atoms with Gasteiger partial charge in [0.15, 0.2) is 5.82 Å². The highest BCUT2D eigenvalue weighted by Crippen LogP contribution is 2.50. The van der Waals surface area contributed by atoms with Gasteiger partial charge in [0.05, 0.1) is 24.3 Å². The van der Waals surface area contributed by atoms with Gasteiger partial charge in [0.2, 0.25) is 0 Å². The van der Waals surface area contributed by atoms with E-state index in [-0.39, 0.29) is 18.9 Å². The number of carbonyl (C=O) groups is 2. The molecule has 2 aromatic rings. The van der Waals surface area contributed by atoms with Crippen molar-refractivity contribution in [1.29, 1.82) is 0 Å². The lowest BCUT2D eigenvalue weighted by atomic mass is 10.0. The molecule has 0 unspecified atom stereocenters. The molecule has 2 heterocycles. The van der Waals surface area contributed by atoms with E-state index in [1.54, 1.807) is 32.9 Å². The molecule has 1 aromatic carbocycles. The third kappa shape index (κ3) is 4.23. The minimum Gasteiger partial charge on any atom is -0.443 e. The van der Waals surface area contributed by atoms with Gasteiger partial charge in [-0.25, -0.2) is 20.6 Å². The summed E-state index contributed by atoms with van der Waals surface area (Å²) in [5.41, 5.74) is -0.837. The topological polar surface area (TPSA) is 89.5 Å². The summed E-state index contributed by atoms with van der Waals surface area (Å²) in [6, 6.07) is 5.90. The van der Waals surface area contributed by atoms with Gasteiger partial charge in [-0.15, -0.1) is 0 Å². The molecule has 10 heteroatoms. The van der Waals surface area contributed by atoms with Crippen LogP contribution in [0.5, 0.6) is 0 Å². The summed E-state index contributed by atoms with van der Waals surface area (Å²) >= 11 is 0. The molecule has 2 aliphatic rings. The van der Waals surface area contributed by atoms with Crippen LogP contribution >= 0.6 is 0 Å². The van der Waals surface area contributed by atoms with Crippen LogP contribution in [0.3, 0.4) is 0 Å². The van der Waals surface area contributed by atoms with Gasteiger partial charge < -0.3 is 18.8 Å². The maximum atomic E-state index is 14.7. The van der Waals surface area contributed by atoms with Gasteiger partial charge in [-0.3, -0.25) is 9.80 Å². The van der Waals surface area contributed by atoms with E-state index in [1.807, 2.05) is 0 Å². The average molecular weight is 442 g/mol. The molecule has 2 fully saturated rings. The zero-order chi connectivity index (χ0) is 23.1. The molecule has 168 valence electrons. The first-order chi connectivity index (χ1) is 15.1. The van der Waals surface area contributed by atoms with Gasteiger partial charge in [-0.05, 0) is 39.0 Å². The first-order valence-corrected chi connectivity index (χ1v) is 10.2. The Labute approximate surface area is 184 Å². The quantitative estimate of drug-likeness (QED) is 0.634. The monoisotopic (exact) mass is 442 g/mol. The van der Waals surface area contributed by atoms with Crippen LogP contribution in [-0.2, 0) is 15.0 Å². The van der Waals surface area contributed by atoms with Crippen LogP contribution < -0.4 is 9.80 Å². The molecular weight excluding hydrogens is 419 g/mol. The molecule has 2 amide bonds. The molecule has 4 rings (SSSR count). The number of rotatable bonds is 5. The van der Waals surface area contributed by atoms with Crippen molar-refractivity contribution in [2.24, 2.45) is 0 Å². The van der Waals surface area contributed by atoms with E-state index < -0.39 is 35.2 Å². The van der Waals surface area contributed by atoms with Gasteiger partial charge in [-0.1, -0.05) is 5.16 Å². The molecule has 9 nitrogen and oxygen atoms in total. The Morgan fingerprint density at radius 2 is 2.16 bits per heavy atom. The van der Waals surface area contributed by atoms with Crippen molar-refractivity contribution in [3.05, 3.63) is 53.3 Å². The zero-order valence-electron chi connectivity index (χ0n) is 18.0. The van der Waals surface area contributed by atoms with Crippen LogP contribution in [0, 0.1) is 12.4 Å². The van der Waals surface area contributed by atoms with E-state index in [1.165, 1.54) is 28.2 Å². The second-order valence-electron chi connectivity index (χ2n) is 8.87. The van der Waals surface area contributed by atoms with Gasteiger partial charge in [-0.2, -0.15) is 0 Å². The molecular formula is C22H23FN4O5. The fraction of sp³-hybridized carbons (Fsp3) is 0.455. The van der Waals surface area contributed by atoms with Crippen molar-refractivity contribution in [2.75, 3.05) is 22.9 Å². The number of aromatic nitrogens is 1. The molecule has 1 saturated carbocycles. The second kappa shape index (κ2) is 7.82. The number of amides is 2. The van der Waals surface area contributed by atoms with E-state index in [4.69, 9.17) is 20.6 Å². The Balaban J connectivity index is 1.50. The summed E-state index contributed by atoms with van der Waals surface area (Å²) in [6.45, 7) is 12.6. The highest BCUT2D eigenvalue weighted by Gasteiger charge is 2.54. The van der Waals surface area contributed by atoms with Gasteiger partial charge >= 0.3 is 12.2 Å². The van der Waals surface area contributed by atoms with Crippen LogP contribution in [0.2, 0.25) is 0 Å². The standard InChI is InChI=1S/C22H23FN4O5/c1-21(2,3)32-20(29)27(18-7-10-30-25-18)13-15-12-26(19(28)31-15)14-5-6-16(17(23)11-14)22(24-4)8-9-22/h5-7,10-11,15H,8-9,12-13H2,1-3H3/t15-/m1/s1. The molecule has 1 saturated heterocycles. The van der Waals surface area contributed by atoms with Crippen LogP contribution in [0.15, 0.2) is 35.1 Å². The Bertz CT molecular complexity index is 1070.